The van der Waals surface area contributed by atoms with Gasteiger partial charge in [-0.15, -0.1) is 0 Å². The van der Waals surface area contributed by atoms with Gasteiger partial charge >= 0.3 is 0 Å². The first kappa shape index (κ1) is 12.3. The Morgan fingerprint density at radius 2 is 1.94 bits per heavy atom. The van der Waals surface area contributed by atoms with E-state index in [-0.39, 0.29) is 0 Å². The van der Waals surface area contributed by atoms with Crippen molar-refractivity contribution in [3.05, 3.63) is 0 Å². The fourth-order valence-corrected chi connectivity index (χ4v) is 5.75. The predicted octanol–water partition coefficient (Wildman–Crippen LogP) is 2.33. The highest BCUT2D eigenvalue weighted by atomic mass is 32.2. The molecule has 0 bridgehead atoms. The van der Waals surface area contributed by atoms with Crippen LogP contribution in [-0.4, -0.2) is 41.1 Å². The molecule has 2 saturated heterocycles. The molecule has 0 radical (unpaired) electrons. The Morgan fingerprint density at radius 3 is 2.53 bits per heavy atom. The zero-order valence-corrected chi connectivity index (χ0v) is 11.8. The van der Waals surface area contributed by atoms with Crippen LogP contribution in [0.4, 0.5) is 0 Å². The Labute approximate surface area is 110 Å². The minimum Gasteiger partial charge on any atom is -0.329 e. The molecule has 17 heavy (non-hydrogen) atoms. The van der Waals surface area contributed by atoms with Gasteiger partial charge in [-0.25, -0.2) is 0 Å². The maximum Gasteiger partial charge on any atom is 0.0447 e. The molecule has 3 rings (SSSR count). The minimum absolute atomic E-state index is 0.327. The number of hydrogen-bond donors (Lipinski definition) is 1. The molecule has 1 saturated carbocycles. The molecule has 3 fully saturated rings. The van der Waals surface area contributed by atoms with E-state index in [2.05, 4.69) is 23.6 Å². The molecule has 3 heteroatoms. The zero-order valence-electron chi connectivity index (χ0n) is 11.0. The van der Waals surface area contributed by atoms with Gasteiger partial charge in [-0.1, -0.05) is 13.3 Å². The second-order valence-electron chi connectivity index (χ2n) is 6.28. The monoisotopic (exact) mass is 254 g/mol. The van der Waals surface area contributed by atoms with Gasteiger partial charge in [0, 0.05) is 30.4 Å². The van der Waals surface area contributed by atoms with Gasteiger partial charge in [0.15, 0.2) is 0 Å². The number of nitrogens with zero attached hydrogens (tertiary/aromatic N) is 1. The van der Waals surface area contributed by atoms with Gasteiger partial charge in [-0.3, -0.25) is 4.90 Å². The number of hydrogen-bond acceptors (Lipinski definition) is 3. The van der Waals surface area contributed by atoms with Crippen molar-refractivity contribution in [2.75, 3.05) is 25.4 Å². The van der Waals surface area contributed by atoms with E-state index in [0.717, 1.165) is 23.6 Å². The summed E-state index contributed by atoms with van der Waals surface area (Å²) < 4.78 is 0. The van der Waals surface area contributed by atoms with Crippen molar-refractivity contribution in [3.63, 3.8) is 0 Å². The van der Waals surface area contributed by atoms with Crippen molar-refractivity contribution in [3.8, 4) is 0 Å². The third-order valence-corrected chi connectivity index (χ3v) is 7.05. The molecule has 4 atom stereocenters. The fraction of sp³-hybridized carbons (Fsp3) is 1.00. The SMILES string of the molecule is CC1SCCCC1(CN)N1CC2CCCC2C1. The number of likely N-dealkylation sites (tertiary alicyclic amines) is 1. The van der Waals surface area contributed by atoms with Gasteiger partial charge in [0.05, 0.1) is 0 Å². The minimum atomic E-state index is 0.327. The van der Waals surface area contributed by atoms with Crippen molar-refractivity contribution in [1.82, 2.24) is 4.90 Å². The number of rotatable bonds is 2. The van der Waals surface area contributed by atoms with Gasteiger partial charge in [-0.05, 0) is 43.3 Å². The summed E-state index contributed by atoms with van der Waals surface area (Å²) in [7, 11) is 0. The first-order chi connectivity index (χ1) is 8.26. The Balaban J connectivity index is 1.76. The molecule has 0 spiro atoms. The molecule has 0 aromatic heterocycles. The van der Waals surface area contributed by atoms with E-state index in [9.17, 15) is 0 Å². The summed E-state index contributed by atoms with van der Waals surface area (Å²) in [5.41, 5.74) is 6.53. The summed E-state index contributed by atoms with van der Waals surface area (Å²) in [6.07, 6.45) is 7.12. The average Bonchev–Trinajstić information content (AvgIpc) is 2.90. The van der Waals surface area contributed by atoms with E-state index in [1.807, 2.05) is 0 Å². The molecular weight excluding hydrogens is 228 g/mol. The van der Waals surface area contributed by atoms with Gasteiger partial charge in [-0.2, -0.15) is 11.8 Å². The van der Waals surface area contributed by atoms with Crippen molar-refractivity contribution >= 4 is 11.8 Å². The van der Waals surface area contributed by atoms with Crippen LogP contribution in [0.15, 0.2) is 0 Å². The predicted molar refractivity (Wildman–Crippen MR) is 75.3 cm³/mol. The Hall–Kier alpha value is 0.270. The van der Waals surface area contributed by atoms with Crippen molar-refractivity contribution in [2.45, 2.75) is 49.8 Å². The second kappa shape index (κ2) is 4.75. The van der Waals surface area contributed by atoms with E-state index in [0.29, 0.717) is 5.54 Å². The lowest BCUT2D eigenvalue weighted by molar-refractivity contribution is 0.0998. The van der Waals surface area contributed by atoms with Crippen LogP contribution in [-0.2, 0) is 0 Å². The molecule has 4 unspecified atom stereocenters. The normalized spacial score (nSPS) is 47.3. The molecule has 1 aliphatic carbocycles. The molecule has 0 aromatic carbocycles. The second-order valence-corrected chi connectivity index (χ2v) is 7.73. The van der Waals surface area contributed by atoms with E-state index in [1.165, 1.54) is 50.9 Å². The lowest BCUT2D eigenvalue weighted by Gasteiger charge is -2.48. The van der Waals surface area contributed by atoms with Crippen molar-refractivity contribution < 1.29 is 0 Å². The summed E-state index contributed by atoms with van der Waals surface area (Å²) in [5, 5.41) is 0.722. The van der Waals surface area contributed by atoms with Crippen LogP contribution in [0.1, 0.15) is 39.0 Å². The van der Waals surface area contributed by atoms with Crippen LogP contribution < -0.4 is 5.73 Å². The summed E-state index contributed by atoms with van der Waals surface area (Å²) >= 11 is 2.14. The highest BCUT2D eigenvalue weighted by molar-refractivity contribution is 8.00. The zero-order chi connectivity index (χ0) is 11.9. The topological polar surface area (TPSA) is 29.3 Å². The van der Waals surface area contributed by atoms with Crippen LogP contribution in [0.2, 0.25) is 0 Å². The molecule has 2 N–H and O–H groups in total. The Bertz CT molecular complexity index is 271. The van der Waals surface area contributed by atoms with Crippen LogP contribution in [0.5, 0.6) is 0 Å². The van der Waals surface area contributed by atoms with Gasteiger partial charge in [0.1, 0.15) is 0 Å². The molecule has 0 aromatic rings. The van der Waals surface area contributed by atoms with Crippen LogP contribution >= 0.6 is 11.8 Å². The van der Waals surface area contributed by atoms with Gasteiger partial charge in [0.2, 0.25) is 0 Å². The standard InChI is InChI=1S/C14H26N2S/c1-11-14(10-15,6-3-7-17-11)16-8-12-4-2-5-13(12)9-16/h11-13H,2-10,15H2,1H3. The van der Waals surface area contributed by atoms with E-state index in [1.54, 1.807) is 0 Å². The summed E-state index contributed by atoms with van der Waals surface area (Å²) in [6, 6.07) is 0. The molecule has 3 aliphatic rings. The first-order valence-corrected chi connectivity index (χ1v) is 8.38. The van der Waals surface area contributed by atoms with Gasteiger partial charge < -0.3 is 5.73 Å². The smallest absolute Gasteiger partial charge is 0.0447 e. The molecule has 0 amide bonds. The lowest BCUT2D eigenvalue weighted by atomic mass is 9.87. The van der Waals surface area contributed by atoms with E-state index in [4.69, 9.17) is 5.73 Å². The molecular formula is C14H26N2S. The van der Waals surface area contributed by atoms with Crippen LogP contribution in [0.3, 0.4) is 0 Å². The van der Waals surface area contributed by atoms with E-state index >= 15 is 0 Å². The number of nitrogens with two attached hydrogens (primary N) is 1. The number of thioether (sulfide) groups is 1. The number of fused-ring (bicyclic) bond motifs is 1. The largest absolute Gasteiger partial charge is 0.329 e. The summed E-state index contributed by atoms with van der Waals surface area (Å²) in [4.78, 5) is 2.79. The van der Waals surface area contributed by atoms with Crippen LogP contribution in [0, 0.1) is 11.8 Å². The maximum absolute atomic E-state index is 6.20. The fourth-order valence-electron chi connectivity index (χ4n) is 4.41. The summed E-state index contributed by atoms with van der Waals surface area (Å²) in [5.74, 6) is 3.33. The molecule has 2 nitrogen and oxygen atoms in total. The average molecular weight is 254 g/mol. The quantitative estimate of drug-likeness (QED) is 0.820. The first-order valence-electron chi connectivity index (χ1n) is 7.33. The Morgan fingerprint density at radius 1 is 1.24 bits per heavy atom. The third-order valence-electron chi connectivity index (χ3n) is 5.59. The highest BCUT2D eigenvalue weighted by Gasteiger charge is 2.48. The third kappa shape index (κ3) is 1.95. The molecule has 2 aliphatic heterocycles. The van der Waals surface area contributed by atoms with E-state index < -0.39 is 0 Å². The molecule has 2 heterocycles. The highest BCUT2D eigenvalue weighted by Crippen LogP contribution is 2.45. The molecule has 98 valence electrons. The maximum atomic E-state index is 6.20. The lowest BCUT2D eigenvalue weighted by Crippen LogP contribution is -2.60. The van der Waals surface area contributed by atoms with Crippen LogP contribution in [0.25, 0.3) is 0 Å². The van der Waals surface area contributed by atoms with Crippen molar-refractivity contribution in [1.29, 1.82) is 0 Å². The van der Waals surface area contributed by atoms with Crippen molar-refractivity contribution in [2.24, 2.45) is 17.6 Å². The Kier molecular flexibility index (Phi) is 3.44. The summed E-state index contributed by atoms with van der Waals surface area (Å²) in [6.45, 7) is 5.95. The van der Waals surface area contributed by atoms with Gasteiger partial charge in [0.25, 0.3) is 0 Å².